The van der Waals surface area contributed by atoms with Gasteiger partial charge in [-0.1, -0.05) is 24.4 Å². The van der Waals surface area contributed by atoms with Gasteiger partial charge in [0.05, 0.1) is 23.7 Å². The summed E-state index contributed by atoms with van der Waals surface area (Å²) in [5.41, 5.74) is -0.0414. The topological polar surface area (TPSA) is 32.7 Å². The number of aliphatic hydroxyl groups excluding tert-OH is 1. The monoisotopic (exact) mass is 315 g/mol. The second-order valence-electron chi connectivity index (χ2n) is 5.84. The lowest BCUT2D eigenvalue weighted by atomic mass is 9.85. The van der Waals surface area contributed by atoms with Crippen molar-refractivity contribution in [3.05, 3.63) is 21.3 Å². The highest BCUT2D eigenvalue weighted by Crippen LogP contribution is 2.40. The zero-order valence-corrected chi connectivity index (χ0v) is 13.3. The zero-order chi connectivity index (χ0) is 14.0. The highest BCUT2D eigenvalue weighted by molar-refractivity contribution is 7.16. The van der Waals surface area contributed by atoms with Gasteiger partial charge in [-0.2, -0.15) is 0 Å². The Morgan fingerprint density at radius 2 is 2.00 bits per heavy atom. The van der Waals surface area contributed by atoms with Crippen molar-refractivity contribution >= 4 is 22.9 Å². The molecule has 0 bridgehead atoms. The third kappa shape index (κ3) is 2.90. The summed E-state index contributed by atoms with van der Waals surface area (Å²) in [5, 5.41) is 10.9. The maximum absolute atomic E-state index is 10.9. The first-order chi connectivity index (χ1) is 9.71. The van der Waals surface area contributed by atoms with Crippen LogP contribution >= 0.6 is 22.9 Å². The number of nitrogens with zero attached hydrogens (tertiary/aromatic N) is 1. The second-order valence-corrected chi connectivity index (χ2v) is 7.64. The molecule has 1 saturated carbocycles. The maximum Gasteiger partial charge on any atom is 0.0931 e. The van der Waals surface area contributed by atoms with Crippen LogP contribution in [0.2, 0.25) is 4.34 Å². The van der Waals surface area contributed by atoms with Crippen molar-refractivity contribution in [1.82, 2.24) is 4.90 Å². The lowest BCUT2D eigenvalue weighted by Gasteiger charge is -2.46. The molecule has 2 aliphatic rings. The first-order valence-electron chi connectivity index (χ1n) is 7.46. The second kappa shape index (κ2) is 6.32. The van der Waals surface area contributed by atoms with E-state index in [9.17, 15) is 5.11 Å². The summed E-state index contributed by atoms with van der Waals surface area (Å²) in [6.07, 6.45) is 5.06. The third-order valence-electron chi connectivity index (χ3n) is 4.75. The summed E-state index contributed by atoms with van der Waals surface area (Å²) in [6, 6.07) is 3.96. The molecule has 5 heteroatoms. The van der Waals surface area contributed by atoms with E-state index in [1.54, 1.807) is 11.3 Å². The lowest BCUT2D eigenvalue weighted by molar-refractivity contribution is -0.0751. The van der Waals surface area contributed by atoms with Crippen molar-refractivity contribution in [3.63, 3.8) is 0 Å². The Labute approximate surface area is 129 Å². The Kier molecular flexibility index (Phi) is 4.68. The number of halogens is 1. The molecule has 3 nitrogen and oxygen atoms in total. The molecule has 1 atom stereocenters. The molecule has 0 aromatic carbocycles. The van der Waals surface area contributed by atoms with Crippen LogP contribution in [0.3, 0.4) is 0 Å². The Morgan fingerprint density at radius 3 is 2.60 bits per heavy atom. The molecule has 0 radical (unpaired) electrons. The summed E-state index contributed by atoms with van der Waals surface area (Å²) in [5.74, 6) is 0. The quantitative estimate of drug-likeness (QED) is 0.927. The molecule has 0 amide bonds. The molecule has 3 rings (SSSR count). The van der Waals surface area contributed by atoms with Crippen molar-refractivity contribution in [2.24, 2.45) is 0 Å². The standard InChI is InChI=1S/C15H22ClNO2S/c16-14-4-3-12(20-14)11-13(18)15(5-1-2-6-15)17-7-9-19-10-8-17/h3-4,13,18H,1-2,5-11H2. The minimum Gasteiger partial charge on any atom is -0.391 e. The predicted molar refractivity (Wildman–Crippen MR) is 82.6 cm³/mol. The van der Waals surface area contributed by atoms with Crippen molar-refractivity contribution in [2.75, 3.05) is 26.3 Å². The molecular weight excluding hydrogens is 294 g/mol. The first-order valence-corrected chi connectivity index (χ1v) is 8.65. The number of hydrogen-bond acceptors (Lipinski definition) is 4. The molecule has 1 aliphatic carbocycles. The Morgan fingerprint density at radius 1 is 1.30 bits per heavy atom. The van der Waals surface area contributed by atoms with E-state index in [1.165, 1.54) is 17.7 Å². The van der Waals surface area contributed by atoms with Gasteiger partial charge in [0.1, 0.15) is 0 Å². The molecule has 112 valence electrons. The molecule has 1 aromatic rings. The summed E-state index contributed by atoms with van der Waals surface area (Å²) in [4.78, 5) is 3.66. The van der Waals surface area contributed by atoms with E-state index in [-0.39, 0.29) is 11.6 Å². The van der Waals surface area contributed by atoms with Crippen LogP contribution in [-0.4, -0.2) is 48.0 Å². The van der Waals surface area contributed by atoms with Crippen LogP contribution in [0.15, 0.2) is 12.1 Å². The molecule has 2 fully saturated rings. The fraction of sp³-hybridized carbons (Fsp3) is 0.733. The van der Waals surface area contributed by atoms with Crippen LogP contribution in [0.25, 0.3) is 0 Å². The first kappa shape index (κ1) is 14.8. The van der Waals surface area contributed by atoms with Crippen LogP contribution in [-0.2, 0) is 11.2 Å². The smallest absolute Gasteiger partial charge is 0.0931 e. The summed E-state index contributed by atoms with van der Waals surface area (Å²) in [6.45, 7) is 3.48. The van der Waals surface area contributed by atoms with E-state index in [1.807, 2.05) is 12.1 Å². The number of thiophene rings is 1. The SMILES string of the molecule is OC(Cc1ccc(Cl)s1)C1(N2CCOCC2)CCCC1. The van der Waals surface area contributed by atoms with Crippen molar-refractivity contribution < 1.29 is 9.84 Å². The predicted octanol–water partition coefficient (Wildman–Crippen LogP) is 2.95. The van der Waals surface area contributed by atoms with Gasteiger partial charge in [-0.3, -0.25) is 4.90 Å². The van der Waals surface area contributed by atoms with E-state index in [2.05, 4.69) is 4.90 Å². The van der Waals surface area contributed by atoms with Gasteiger partial charge in [-0.05, 0) is 25.0 Å². The third-order valence-corrected chi connectivity index (χ3v) is 6.01. The highest BCUT2D eigenvalue weighted by atomic mass is 35.5. The Bertz CT molecular complexity index is 439. The van der Waals surface area contributed by atoms with Crippen LogP contribution in [0.5, 0.6) is 0 Å². The van der Waals surface area contributed by atoms with E-state index in [4.69, 9.17) is 16.3 Å². The van der Waals surface area contributed by atoms with Crippen LogP contribution in [0.4, 0.5) is 0 Å². The largest absolute Gasteiger partial charge is 0.391 e. The van der Waals surface area contributed by atoms with E-state index < -0.39 is 0 Å². The minimum atomic E-state index is -0.308. The average molecular weight is 316 g/mol. The average Bonchev–Trinajstić information content (AvgIpc) is 3.10. The molecule has 1 unspecified atom stereocenters. The van der Waals surface area contributed by atoms with Gasteiger partial charge in [0.2, 0.25) is 0 Å². The molecule has 1 saturated heterocycles. The van der Waals surface area contributed by atoms with Gasteiger partial charge in [0, 0.05) is 29.9 Å². The van der Waals surface area contributed by atoms with Crippen molar-refractivity contribution in [3.8, 4) is 0 Å². The van der Waals surface area contributed by atoms with Gasteiger partial charge in [0.15, 0.2) is 0 Å². The number of aliphatic hydroxyl groups is 1. The number of rotatable bonds is 4. The Hall–Kier alpha value is -0.130. The molecule has 0 spiro atoms. The molecule has 2 heterocycles. The van der Waals surface area contributed by atoms with E-state index >= 15 is 0 Å². The van der Waals surface area contributed by atoms with Gasteiger partial charge in [-0.25, -0.2) is 0 Å². The van der Waals surface area contributed by atoms with Crippen LogP contribution < -0.4 is 0 Å². The summed E-state index contributed by atoms with van der Waals surface area (Å²) in [7, 11) is 0. The highest BCUT2D eigenvalue weighted by Gasteiger charge is 2.45. The van der Waals surface area contributed by atoms with Crippen LogP contribution in [0.1, 0.15) is 30.6 Å². The van der Waals surface area contributed by atoms with E-state index in [0.29, 0.717) is 0 Å². The zero-order valence-electron chi connectivity index (χ0n) is 11.7. The number of ether oxygens (including phenoxy) is 1. The summed E-state index contributed by atoms with van der Waals surface area (Å²) >= 11 is 7.58. The maximum atomic E-state index is 10.9. The fourth-order valence-electron chi connectivity index (χ4n) is 3.70. The molecular formula is C15H22ClNO2S. The lowest BCUT2D eigenvalue weighted by Crippen LogP contribution is -2.58. The molecule has 1 aromatic heterocycles. The van der Waals surface area contributed by atoms with Gasteiger partial charge in [-0.15, -0.1) is 11.3 Å². The van der Waals surface area contributed by atoms with Crippen molar-refractivity contribution in [2.45, 2.75) is 43.7 Å². The minimum absolute atomic E-state index is 0.0414. The normalized spacial score (nSPS) is 24.9. The number of hydrogen-bond donors (Lipinski definition) is 1. The van der Waals surface area contributed by atoms with E-state index in [0.717, 1.165) is 49.9 Å². The Balaban J connectivity index is 1.75. The van der Waals surface area contributed by atoms with Crippen molar-refractivity contribution in [1.29, 1.82) is 0 Å². The van der Waals surface area contributed by atoms with Gasteiger partial charge >= 0.3 is 0 Å². The fourth-order valence-corrected chi connectivity index (χ4v) is 4.82. The summed E-state index contributed by atoms with van der Waals surface area (Å²) < 4.78 is 6.27. The van der Waals surface area contributed by atoms with Crippen LogP contribution in [0, 0.1) is 0 Å². The molecule has 20 heavy (non-hydrogen) atoms. The molecule has 1 N–H and O–H groups in total. The van der Waals surface area contributed by atoms with Gasteiger partial charge in [0.25, 0.3) is 0 Å². The number of morpholine rings is 1. The van der Waals surface area contributed by atoms with Gasteiger partial charge < -0.3 is 9.84 Å². The molecule has 1 aliphatic heterocycles.